The Kier molecular flexibility index (Phi) is 3.83. The fraction of sp³-hybridized carbons (Fsp3) is 0.667. The number of nitrogens with zero attached hydrogens (tertiary/aromatic N) is 3. The molecular formula is C9H16N4O3. The van der Waals surface area contributed by atoms with E-state index in [2.05, 4.69) is 10.4 Å². The molecule has 1 rings (SSSR count). The topological polar surface area (TPSA) is 82.2 Å². The van der Waals surface area contributed by atoms with Gasteiger partial charge in [0.05, 0.1) is 11.5 Å². The Morgan fingerprint density at radius 2 is 2.31 bits per heavy atom. The van der Waals surface area contributed by atoms with Crippen molar-refractivity contribution in [2.75, 3.05) is 19.0 Å². The molecule has 0 bridgehead atoms. The molecule has 0 spiro atoms. The van der Waals surface area contributed by atoms with Crippen LogP contribution in [0.25, 0.3) is 0 Å². The molecule has 0 aliphatic heterocycles. The Balaban J connectivity index is 2.98. The van der Waals surface area contributed by atoms with Crippen molar-refractivity contribution in [2.45, 2.75) is 19.9 Å². The van der Waals surface area contributed by atoms with Gasteiger partial charge in [-0.15, -0.1) is 0 Å². The van der Waals surface area contributed by atoms with Crippen LogP contribution < -0.4 is 5.32 Å². The van der Waals surface area contributed by atoms with Gasteiger partial charge in [0.15, 0.2) is 0 Å². The van der Waals surface area contributed by atoms with E-state index < -0.39 is 4.92 Å². The summed E-state index contributed by atoms with van der Waals surface area (Å²) in [6, 6.07) is -0.0153. The molecule has 1 N–H and O–H groups in total. The average Bonchev–Trinajstić information content (AvgIpc) is 2.41. The van der Waals surface area contributed by atoms with Crippen LogP contribution in [0.4, 0.5) is 11.5 Å². The van der Waals surface area contributed by atoms with Crippen LogP contribution in [-0.2, 0) is 11.8 Å². The van der Waals surface area contributed by atoms with Gasteiger partial charge in [0.25, 0.3) is 0 Å². The summed E-state index contributed by atoms with van der Waals surface area (Å²) >= 11 is 0. The summed E-state index contributed by atoms with van der Waals surface area (Å²) in [4.78, 5) is 10.4. The molecule has 7 nitrogen and oxygen atoms in total. The smallest absolute Gasteiger partial charge is 0.333 e. The Morgan fingerprint density at radius 1 is 1.69 bits per heavy atom. The molecule has 1 unspecified atom stereocenters. The highest BCUT2D eigenvalue weighted by Crippen LogP contribution is 2.27. The molecule has 0 saturated carbocycles. The van der Waals surface area contributed by atoms with Crippen LogP contribution in [-0.4, -0.2) is 34.5 Å². The average molecular weight is 228 g/mol. The molecule has 0 amide bonds. The fourth-order valence-corrected chi connectivity index (χ4v) is 1.55. The Morgan fingerprint density at radius 3 is 2.81 bits per heavy atom. The van der Waals surface area contributed by atoms with Gasteiger partial charge in [0, 0.05) is 20.2 Å². The van der Waals surface area contributed by atoms with Crippen LogP contribution in [0.5, 0.6) is 0 Å². The van der Waals surface area contributed by atoms with Crippen LogP contribution in [0.1, 0.15) is 12.6 Å². The number of methoxy groups -OCH3 is 1. The van der Waals surface area contributed by atoms with Crippen molar-refractivity contribution in [2.24, 2.45) is 7.05 Å². The van der Waals surface area contributed by atoms with Crippen molar-refractivity contribution in [3.8, 4) is 0 Å². The molecule has 1 aromatic heterocycles. The van der Waals surface area contributed by atoms with Gasteiger partial charge in [-0.05, 0) is 13.8 Å². The lowest BCUT2D eigenvalue weighted by Crippen LogP contribution is -2.22. The quantitative estimate of drug-likeness (QED) is 0.602. The first-order chi connectivity index (χ1) is 7.47. The lowest BCUT2D eigenvalue weighted by atomic mass is 10.3. The summed E-state index contributed by atoms with van der Waals surface area (Å²) in [5.41, 5.74) is 0.421. The lowest BCUT2D eigenvalue weighted by molar-refractivity contribution is -0.384. The van der Waals surface area contributed by atoms with Gasteiger partial charge in [-0.3, -0.25) is 10.1 Å². The molecule has 0 fully saturated rings. The summed E-state index contributed by atoms with van der Waals surface area (Å²) in [5, 5.41) is 17.9. The number of hydrogen-bond acceptors (Lipinski definition) is 5. The highest BCUT2D eigenvalue weighted by Gasteiger charge is 2.24. The summed E-state index contributed by atoms with van der Waals surface area (Å²) in [6.07, 6.45) is 0. The number of hydrogen-bond donors (Lipinski definition) is 1. The van der Waals surface area contributed by atoms with E-state index in [4.69, 9.17) is 4.74 Å². The largest absolute Gasteiger partial charge is 0.383 e. The molecule has 1 heterocycles. The van der Waals surface area contributed by atoms with Crippen molar-refractivity contribution in [1.29, 1.82) is 0 Å². The second-order valence-electron chi connectivity index (χ2n) is 3.66. The zero-order chi connectivity index (χ0) is 12.3. The monoisotopic (exact) mass is 228 g/mol. The molecule has 16 heavy (non-hydrogen) atoms. The highest BCUT2D eigenvalue weighted by molar-refractivity contribution is 5.59. The van der Waals surface area contributed by atoms with Crippen molar-refractivity contribution in [3.63, 3.8) is 0 Å². The Hall–Kier alpha value is -1.63. The highest BCUT2D eigenvalue weighted by atomic mass is 16.6. The molecule has 90 valence electrons. The SMILES string of the molecule is COCC(C)Nc1c([N+](=O)[O-])c(C)nn1C. The van der Waals surface area contributed by atoms with E-state index in [1.54, 1.807) is 21.1 Å². The van der Waals surface area contributed by atoms with E-state index in [1.807, 2.05) is 6.92 Å². The second-order valence-corrected chi connectivity index (χ2v) is 3.66. The van der Waals surface area contributed by atoms with Gasteiger partial charge in [-0.1, -0.05) is 0 Å². The van der Waals surface area contributed by atoms with Crippen LogP contribution in [0.15, 0.2) is 0 Å². The first kappa shape index (κ1) is 12.4. The normalized spacial score (nSPS) is 12.5. The summed E-state index contributed by atoms with van der Waals surface area (Å²) in [7, 11) is 3.25. The van der Waals surface area contributed by atoms with Gasteiger partial charge in [0.1, 0.15) is 5.69 Å². The number of aromatic nitrogens is 2. The van der Waals surface area contributed by atoms with Crippen LogP contribution >= 0.6 is 0 Å². The number of aryl methyl sites for hydroxylation is 2. The van der Waals surface area contributed by atoms with E-state index in [0.29, 0.717) is 18.1 Å². The summed E-state index contributed by atoms with van der Waals surface area (Å²) in [5.74, 6) is 0.409. The summed E-state index contributed by atoms with van der Waals surface area (Å²) < 4.78 is 6.43. The van der Waals surface area contributed by atoms with E-state index >= 15 is 0 Å². The predicted octanol–water partition coefficient (Wildman–Crippen LogP) is 1.08. The van der Waals surface area contributed by atoms with Crippen molar-refractivity contribution >= 4 is 11.5 Å². The van der Waals surface area contributed by atoms with Crippen molar-refractivity contribution in [3.05, 3.63) is 15.8 Å². The minimum Gasteiger partial charge on any atom is -0.383 e. The van der Waals surface area contributed by atoms with Gasteiger partial charge >= 0.3 is 5.69 Å². The predicted molar refractivity (Wildman–Crippen MR) is 59.6 cm³/mol. The molecule has 1 aromatic rings. The Bertz CT molecular complexity index is 388. The standard InChI is InChI=1S/C9H16N4O3/c1-6(5-16-4)10-9-8(13(14)15)7(2)11-12(9)3/h6,10H,5H2,1-4H3. The molecule has 7 heteroatoms. The first-order valence-electron chi connectivity index (χ1n) is 4.90. The number of ether oxygens (including phenoxy) is 1. The van der Waals surface area contributed by atoms with Gasteiger partial charge in [0.2, 0.25) is 5.82 Å². The Labute approximate surface area is 93.5 Å². The third kappa shape index (κ3) is 2.48. The molecule has 0 aromatic carbocycles. The molecule has 0 radical (unpaired) electrons. The maximum Gasteiger partial charge on any atom is 0.333 e. The molecule has 1 atom stereocenters. The summed E-state index contributed by atoms with van der Waals surface area (Å²) in [6.45, 7) is 3.97. The minimum absolute atomic E-state index is 0.0153. The lowest BCUT2D eigenvalue weighted by Gasteiger charge is -2.13. The molecule has 0 aliphatic rings. The zero-order valence-corrected chi connectivity index (χ0v) is 9.85. The van der Waals surface area contributed by atoms with Crippen molar-refractivity contribution < 1.29 is 9.66 Å². The van der Waals surface area contributed by atoms with E-state index in [0.717, 1.165) is 0 Å². The maximum absolute atomic E-state index is 10.9. The van der Waals surface area contributed by atoms with Gasteiger partial charge in [-0.25, -0.2) is 4.68 Å². The number of anilines is 1. The third-order valence-corrected chi connectivity index (χ3v) is 2.17. The van der Waals surface area contributed by atoms with Gasteiger partial charge < -0.3 is 10.1 Å². The van der Waals surface area contributed by atoms with Crippen LogP contribution in [0.3, 0.4) is 0 Å². The molecular weight excluding hydrogens is 212 g/mol. The first-order valence-corrected chi connectivity index (χ1v) is 4.90. The molecule has 0 aliphatic carbocycles. The van der Waals surface area contributed by atoms with Crippen LogP contribution in [0, 0.1) is 17.0 Å². The van der Waals surface area contributed by atoms with E-state index in [1.165, 1.54) is 4.68 Å². The van der Waals surface area contributed by atoms with E-state index in [9.17, 15) is 10.1 Å². The van der Waals surface area contributed by atoms with Crippen LogP contribution in [0.2, 0.25) is 0 Å². The number of nitrogens with one attached hydrogen (secondary N) is 1. The second kappa shape index (κ2) is 4.93. The van der Waals surface area contributed by atoms with Gasteiger partial charge in [-0.2, -0.15) is 5.10 Å². The fourth-order valence-electron chi connectivity index (χ4n) is 1.55. The van der Waals surface area contributed by atoms with Crippen molar-refractivity contribution in [1.82, 2.24) is 9.78 Å². The molecule has 0 saturated heterocycles. The zero-order valence-electron chi connectivity index (χ0n) is 9.85. The van der Waals surface area contributed by atoms with E-state index in [-0.39, 0.29) is 11.7 Å². The number of rotatable bonds is 5. The number of nitro groups is 1. The maximum atomic E-state index is 10.9. The third-order valence-electron chi connectivity index (χ3n) is 2.17. The minimum atomic E-state index is -0.426.